The van der Waals surface area contributed by atoms with Crippen LogP contribution in [0.3, 0.4) is 0 Å². The smallest absolute Gasteiger partial charge is 0.397 e. The molecule has 0 unspecified atom stereocenters. The molecule has 1 heterocycles. The molecule has 0 saturated carbocycles. The van der Waals surface area contributed by atoms with E-state index in [2.05, 4.69) is 26.2 Å². The predicted octanol–water partition coefficient (Wildman–Crippen LogP) is 4.50. The van der Waals surface area contributed by atoms with Gasteiger partial charge in [0.2, 0.25) is 0 Å². The van der Waals surface area contributed by atoms with Gasteiger partial charge in [-0.2, -0.15) is 13.2 Å². The molecular formula is C13H11BrF3N3. The molecule has 106 valence electrons. The van der Waals surface area contributed by atoms with E-state index in [1.807, 2.05) is 6.92 Å². The number of alkyl halides is 3. The van der Waals surface area contributed by atoms with Crippen LogP contribution in [0.15, 0.2) is 34.9 Å². The Balaban J connectivity index is 2.25. The highest BCUT2D eigenvalue weighted by atomic mass is 79.9. The van der Waals surface area contributed by atoms with Crippen molar-refractivity contribution >= 4 is 33.1 Å². The van der Waals surface area contributed by atoms with E-state index in [1.54, 1.807) is 0 Å². The summed E-state index contributed by atoms with van der Waals surface area (Å²) in [5.41, 5.74) is 6.87. The normalized spacial score (nSPS) is 11.4. The van der Waals surface area contributed by atoms with Gasteiger partial charge in [-0.15, -0.1) is 0 Å². The van der Waals surface area contributed by atoms with Gasteiger partial charge in [-0.25, -0.2) is 4.98 Å². The summed E-state index contributed by atoms with van der Waals surface area (Å²) in [7, 11) is 0. The van der Waals surface area contributed by atoms with Gasteiger partial charge in [-0.3, -0.25) is 0 Å². The highest BCUT2D eigenvalue weighted by molar-refractivity contribution is 9.10. The molecular weight excluding hydrogens is 335 g/mol. The molecule has 3 N–H and O–H groups in total. The molecule has 2 aromatic rings. The summed E-state index contributed by atoms with van der Waals surface area (Å²) in [6.45, 7) is 1.82. The largest absolute Gasteiger partial charge is 0.416 e. The quantitative estimate of drug-likeness (QED) is 0.842. The molecule has 0 amide bonds. The molecule has 0 aliphatic heterocycles. The number of nitrogens with one attached hydrogen (secondary N) is 1. The first kappa shape index (κ1) is 14.6. The average Bonchev–Trinajstić information content (AvgIpc) is 2.39. The lowest BCUT2D eigenvalue weighted by Gasteiger charge is -2.12. The molecule has 0 radical (unpaired) electrons. The number of halogens is 4. The average molecular weight is 346 g/mol. The van der Waals surface area contributed by atoms with Crippen molar-refractivity contribution in [2.75, 3.05) is 11.1 Å². The molecule has 0 saturated heterocycles. The first-order valence-corrected chi connectivity index (χ1v) is 6.43. The van der Waals surface area contributed by atoms with E-state index in [1.165, 1.54) is 18.3 Å². The van der Waals surface area contributed by atoms with Gasteiger partial charge in [-0.05, 0) is 52.7 Å². The van der Waals surface area contributed by atoms with E-state index >= 15 is 0 Å². The van der Waals surface area contributed by atoms with Crippen molar-refractivity contribution in [1.82, 2.24) is 4.98 Å². The molecule has 0 bridgehead atoms. The van der Waals surface area contributed by atoms with E-state index in [4.69, 9.17) is 5.73 Å². The van der Waals surface area contributed by atoms with Crippen molar-refractivity contribution in [3.8, 4) is 0 Å². The van der Waals surface area contributed by atoms with E-state index < -0.39 is 11.7 Å². The summed E-state index contributed by atoms with van der Waals surface area (Å²) in [6.07, 6.45) is -2.85. The molecule has 0 spiro atoms. The molecule has 0 aliphatic carbocycles. The van der Waals surface area contributed by atoms with Crippen LogP contribution in [0.1, 0.15) is 11.1 Å². The van der Waals surface area contributed by atoms with Crippen molar-refractivity contribution in [3.63, 3.8) is 0 Å². The number of nitrogens with two attached hydrogens (primary N) is 1. The summed E-state index contributed by atoms with van der Waals surface area (Å²) >= 11 is 3.35. The van der Waals surface area contributed by atoms with Gasteiger partial charge in [0.15, 0.2) is 0 Å². The molecule has 0 aliphatic rings. The fourth-order valence-corrected chi connectivity index (χ4v) is 1.99. The Labute approximate surface area is 122 Å². The minimum absolute atomic E-state index is 0.497. The molecule has 1 aromatic heterocycles. The lowest BCUT2D eigenvalue weighted by molar-refractivity contribution is -0.137. The van der Waals surface area contributed by atoms with Crippen molar-refractivity contribution < 1.29 is 13.2 Å². The maximum Gasteiger partial charge on any atom is 0.416 e. The van der Waals surface area contributed by atoms with E-state index in [9.17, 15) is 13.2 Å². The van der Waals surface area contributed by atoms with Crippen molar-refractivity contribution in [1.29, 1.82) is 0 Å². The number of rotatable bonds is 2. The monoisotopic (exact) mass is 345 g/mol. The number of hydrogen-bond acceptors (Lipinski definition) is 3. The van der Waals surface area contributed by atoms with Gasteiger partial charge >= 0.3 is 6.18 Å². The van der Waals surface area contributed by atoms with Crippen LogP contribution in [-0.2, 0) is 6.18 Å². The number of benzene rings is 1. The first-order chi connectivity index (χ1) is 9.29. The molecule has 7 heteroatoms. The van der Waals surface area contributed by atoms with E-state index in [0.717, 1.165) is 17.7 Å². The Morgan fingerprint density at radius 3 is 2.35 bits per heavy atom. The Morgan fingerprint density at radius 1 is 1.20 bits per heavy atom. The van der Waals surface area contributed by atoms with Gasteiger partial charge < -0.3 is 11.1 Å². The zero-order valence-electron chi connectivity index (χ0n) is 10.4. The van der Waals surface area contributed by atoms with Gasteiger partial charge in [0.1, 0.15) is 5.82 Å². The molecule has 2 rings (SSSR count). The zero-order chi connectivity index (χ0) is 14.9. The first-order valence-electron chi connectivity index (χ1n) is 5.64. The van der Waals surface area contributed by atoms with Crippen molar-refractivity contribution in [3.05, 3.63) is 46.1 Å². The standard InChI is InChI=1S/C13H11BrF3N3/c1-7-10(18)6-19-12(11(7)14)20-9-4-2-8(3-5-9)13(15,16)17/h2-6H,18H2,1H3,(H,19,20). The predicted molar refractivity (Wildman–Crippen MR) is 75.8 cm³/mol. The van der Waals surface area contributed by atoms with Gasteiger partial charge in [0.25, 0.3) is 0 Å². The van der Waals surface area contributed by atoms with Gasteiger partial charge in [-0.1, -0.05) is 0 Å². The van der Waals surface area contributed by atoms with Crippen LogP contribution < -0.4 is 11.1 Å². The summed E-state index contributed by atoms with van der Waals surface area (Å²) < 4.78 is 38.0. The fraction of sp³-hybridized carbons (Fsp3) is 0.154. The van der Waals surface area contributed by atoms with Gasteiger partial charge in [0.05, 0.1) is 21.9 Å². The number of nitrogens with zero attached hydrogens (tertiary/aromatic N) is 1. The van der Waals surface area contributed by atoms with Crippen LogP contribution in [0.4, 0.5) is 30.4 Å². The van der Waals surface area contributed by atoms with E-state index in [0.29, 0.717) is 21.7 Å². The SMILES string of the molecule is Cc1c(N)cnc(Nc2ccc(C(F)(F)F)cc2)c1Br. The topological polar surface area (TPSA) is 50.9 Å². The van der Waals surface area contributed by atoms with Crippen LogP contribution in [0.25, 0.3) is 0 Å². The lowest BCUT2D eigenvalue weighted by atomic mass is 10.2. The van der Waals surface area contributed by atoms with Crippen LogP contribution in [0.5, 0.6) is 0 Å². The zero-order valence-corrected chi connectivity index (χ0v) is 12.0. The number of pyridine rings is 1. The maximum absolute atomic E-state index is 12.5. The molecule has 0 fully saturated rings. The Morgan fingerprint density at radius 2 is 1.80 bits per heavy atom. The van der Waals surface area contributed by atoms with Crippen LogP contribution in [-0.4, -0.2) is 4.98 Å². The second-order valence-corrected chi connectivity index (χ2v) is 4.99. The number of hydrogen-bond donors (Lipinski definition) is 2. The number of aromatic nitrogens is 1. The summed E-state index contributed by atoms with van der Waals surface area (Å²) in [6, 6.07) is 4.73. The summed E-state index contributed by atoms with van der Waals surface area (Å²) in [5, 5.41) is 2.94. The van der Waals surface area contributed by atoms with E-state index in [-0.39, 0.29) is 0 Å². The Bertz CT molecular complexity index is 624. The second kappa shape index (κ2) is 5.32. The second-order valence-electron chi connectivity index (χ2n) is 4.20. The lowest BCUT2D eigenvalue weighted by Crippen LogP contribution is -2.05. The third-order valence-electron chi connectivity index (χ3n) is 2.78. The summed E-state index contributed by atoms with van der Waals surface area (Å²) in [5.74, 6) is 0.497. The molecule has 3 nitrogen and oxygen atoms in total. The van der Waals surface area contributed by atoms with Crippen molar-refractivity contribution in [2.45, 2.75) is 13.1 Å². The summed E-state index contributed by atoms with van der Waals surface area (Å²) in [4.78, 5) is 4.10. The number of nitrogen functional groups attached to an aromatic ring is 1. The highest BCUT2D eigenvalue weighted by Crippen LogP contribution is 2.32. The third-order valence-corrected chi connectivity index (χ3v) is 3.75. The van der Waals surface area contributed by atoms with Crippen LogP contribution in [0, 0.1) is 6.92 Å². The highest BCUT2D eigenvalue weighted by Gasteiger charge is 2.29. The number of anilines is 3. The Hall–Kier alpha value is -1.76. The maximum atomic E-state index is 12.5. The van der Waals surface area contributed by atoms with Gasteiger partial charge in [0, 0.05) is 5.69 Å². The van der Waals surface area contributed by atoms with Crippen molar-refractivity contribution in [2.24, 2.45) is 0 Å². The van der Waals surface area contributed by atoms with Crippen LogP contribution >= 0.6 is 15.9 Å². The molecule has 20 heavy (non-hydrogen) atoms. The minimum atomic E-state index is -4.34. The minimum Gasteiger partial charge on any atom is -0.397 e. The third kappa shape index (κ3) is 3.04. The molecule has 0 atom stereocenters. The Kier molecular flexibility index (Phi) is 3.89. The fourth-order valence-electron chi connectivity index (χ4n) is 1.56. The molecule has 1 aromatic carbocycles. The van der Waals surface area contributed by atoms with Crippen LogP contribution in [0.2, 0.25) is 0 Å².